The van der Waals surface area contributed by atoms with Crippen molar-refractivity contribution in [2.45, 2.75) is 101 Å². The molecule has 5 N–H and O–H groups in total. The average molecular weight is 487 g/mol. The summed E-state index contributed by atoms with van der Waals surface area (Å²) < 4.78 is 5.09. The standard InChI is InChI=1S/C22H38N4O6S/c1-21(2,3)32-20(31)24-14(18(28)29)9-7-8-12-23-16(27)11-6-5-10-15-17-22(4,13-33-15)26-19(30)25-17/h14-15,17H,5-13H2,1-4H3,(H,23,27)(H,24,31)(H,28,29)(H2,25,26,30)/t14?,15?,17-,22+/m1/s1. The van der Waals surface area contributed by atoms with Gasteiger partial charge in [0.2, 0.25) is 5.91 Å². The molecule has 2 unspecified atom stereocenters. The van der Waals surface area contributed by atoms with E-state index in [1.165, 1.54) is 0 Å². The van der Waals surface area contributed by atoms with Gasteiger partial charge in [0.25, 0.3) is 0 Å². The highest BCUT2D eigenvalue weighted by Gasteiger charge is 2.51. The molecule has 188 valence electrons. The molecule has 0 radical (unpaired) electrons. The minimum Gasteiger partial charge on any atom is -0.480 e. The van der Waals surface area contributed by atoms with Crippen molar-refractivity contribution in [3.63, 3.8) is 0 Å². The van der Waals surface area contributed by atoms with Gasteiger partial charge in [-0.2, -0.15) is 11.8 Å². The summed E-state index contributed by atoms with van der Waals surface area (Å²) in [6, 6.07) is -0.976. The van der Waals surface area contributed by atoms with Crippen LogP contribution in [0.5, 0.6) is 0 Å². The topological polar surface area (TPSA) is 146 Å². The maximum atomic E-state index is 12.0. The summed E-state index contributed by atoms with van der Waals surface area (Å²) in [5.74, 6) is -0.229. The van der Waals surface area contributed by atoms with Gasteiger partial charge in [0, 0.05) is 24.0 Å². The lowest BCUT2D eigenvalue weighted by Crippen LogP contribution is -2.47. The second-order valence-electron chi connectivity index (χ2n) is 9.97. The molecule has 4 amide bonds. The molecule has 0 aromatic rings. The largest absolute Gasteiger partial charge is 0.480 e. The lowest BCUT2D eigenvalue weighted by atomic mass is 9.92. The van der Waals surface area contributed by atoms with Gasteiger partial charge < -0.3 is 31.1 Å². The van der Waals surface area contributed by atoms with Gasteiger partial charge in [0.1, 0.15) is 11.6 Å². The number of unbranched alkanes of at least 4 members (excludes halogenated alkanes) is 2. The predicted octanol–water partition coefficient (Wildman–Crippen LogP) is 2.37. The van der Waals surface area contributed by atoms with Crippen LogP contribution in [0.2, 0.25) is 0 Å². The molecule has 2 saturated heterocycles. The summed E-state index contributed by atoms with van der Waals surface area (Å²) in [6.45, 7) is 7.67. The molecule has 2 fully saturated rings. The highest BCUT2D eigenvalue weighted by Crippen LogP contribution is 2.39. The van der Waals surface area contributed by atoms with Crippen LogP contribution in [0.25, 0.3) is 0 Å². The number of ether oxygens (including phenoxy) is 1. The molecular formula is C22H38N4O6S. The molecular weight excluding hydrogens is 448 g/mol. The fraction of sp³-hybridized carbons (Fsp3) is 0.818. The third kappa shape index (κ3) is 8.94. The number of carbonyl (C=O) groups is 4. The fourth-order valence-corrected chi connectivity index (χ4v) is 5.76. The van der Waals surface area contributed by atoms with Crippen molar-refractivity contribution >= 4 is 35.8 Å². The Morgan fingerprint density at radius 2 is 1.97 bits per heavy atom. The number of carbonyl (C=O) groups excluding carboxylic acids is 3. The number of fused-ring (bicyclic) bond motifs is 1. The smallest absolute Gasteiger partial charge is 0.408 e. The number of amides is 4. The molecule has 0 aromatic carbocycles. The normalized spacial score (nSPS) is 24.9. The average Bonchev–Trinajstić information content (AvgIpc) is 3.14. The van der Waals surface area contributed by atoms with Gasteiger partial charge in [-0.3, -0.25) is 4.79 Å². The van der Waals surface area contributed by atoms with Crippen molar-refractivity contribution < 1.29 is 29.0 Å². The van der Waals surface area contributed by atoms with E-state index in [1.54, 1.807) is 20.8 Å². The monoisotopic (exact) mass is 486 g/mol. The molecule has 10 nitrogen and oxygen atoms in total. The van der Waals surface area contributed by atoms with Crippen LogP contribution in [0.3, 0.4) is 0 Å². The maximum absolute atomic E-state index is 12.0. The number of carboxylic acid groups (broad SMARTS) is 1. The number of urea groups is 1. The van der Waals surface area contributed by atoms with Crippen LogP contribution in [0.15, 0.2) is 0 Å². The highest BCUT2D eigenvalue weighted by atomic mass is 32.2. The molecule has 11 heteroatoms. The molecule has 33 heavy (non-hydrogen) atoms. The fourth-order valence-electron chi connectivity index (χ4n) is 4.06. The molecule has 0 aliphatic carbocycles. The molecule has 2 rings (SSSR count). The minimum absolute atomic E-state index is 0.0172. The van der Waals surface area contributed by atoms with Crippen LogP contribution < -0.4 is 21.3 Å². The van der Waals surface area contributed by atoms with Gasteiger partial charge >= 0.3 is 18.1 Å². The van der Waals surface area contributed by atoms with Gasteiger partial charge in [-0.1, -0.05) is 6.42 Å². The van der Waals surface area contributed by atoms with Gasteiger partial charge in [-0.15, -0.1) is 0 Å². The Labute approximate surface area is 199 Å². The molecule has 2 aliphatic rings. The van der Waals surface area contributed by atoms with E-state index in [4.69, 9.17) is 4.74 Å². The second kappa shape index (κ2) is 11.8. The first-order valence-corrected chi connectivity index (χ1v) is 12.6. The number of hydrogen-bond donors (Lipinski definition) is 5. The van der Waals surface area contributed by atoms with Crippen LogP contribution in [-0.4, -0.2) is 69.9 Å². The molecule has 0 bridgehead atoms. The Balaban J connectivity index is 1.54. The van der Waals surface area contributed by atoms with E-state index in [0.29, 0.717) is 31.1 Å². The maximum Gasteiger partial charge on any atom is 0.408 e. The summed E-state index contributed by atoms with van der Waals surface area (Å²) >= 11 is 1.87. The Morgan fingerprint density at radius 1 is 1.24 bits per heavy atom. The third-order valence-electron chi connectivity index (χ3n) is 5.71. The van der Waals surface area contributed by atoms with Crippen molar-refractivity contribution in [1.82, 2.24) is 21.3 Å². The summed E-state index contributed by atoms with van der Waals surface area (Å²) in [6.07, 6.45) is 3.79. The molecule has 0 aromatic heterocycles. The van der Waals surface area contributed by atoms with E-state index >= 15 is 0 Å². The second-order valence-corrected chi connectivity index (χ2v) is 11.2. The zero-order valence-electron chi connectivity index (χ0n) is 20.0. The van der Waals surface area contributed by atoms with E-state index in [-0.39, 0.29) is 29.9 Å². The molecule has 4 atom stereocenters. The van der Waals surface area contributed by atoms with Crippen molar-refractivity contribution in [1.29, 1.82) is 0 Å². The first kappa shape index (κ1) is 27.1. The van der Waals surface area contributed by atoms with Crippen molar-refractivity contribution in [3.05, 3.63) is 0 Å². The van der Waals surface area contributed by atoms with E-state index in [9.17, 15) is 24.3 Å². The zero-order valence-corrected chi connectivity index (χ0v) is 20.8. The molecule has 2 aliphatic heterocycles. The predicted molar refractivity (Wildman–Crippen MR) is 126 cm³/mol. The van der Waals surface area contributed by atoms with E-state index in [0.717, 1.165) is 25.0 Å². The molecule has 0 saturated carbocycles. The van der Waals surface area contributed by atoms with E-state index in [1.807, 2.05) is 11.8 Å². The van der Waals surface area contributed by atoms with Gasteiger partial charge in [-0.25, -0.2) is 14.4 Å². The first-order chi connectivity index (χ1) is 15.4. The number of nitrogens with one attached hydrogen (secondary N) is 4. The SMILES string of the molecule is CC(C)(C)OC(=O)NC(CCCCNC(=O)CCCCC1SC[C@]2(C)NC(=O)N[C@H]12)C(=O)O. The van der Waals surface area contributed by atoms with Crippen molar-refractivity contribution in [3.8, 4) is 0 Å². The lowest BCUT2D eigenvalue weighted by molar-refractivity contribution is -0.139. The number of alkyl carbamates (subject to hydrolysis) is 1. The van der Waals surface area contributed by atoms with Crippen LogP contribution >= 0.6 is 11.8 Å². The Bertz CT molecular complexity index is 728. The number of hydrogen-bond acceptors (Lipinski definition) is 6. The van der Waals surface area contributed by atoms with E-state index in [2.05, 4.69) is 28.2 Å². The number of rotatable bonds is 12. The zero-order chi connectivity index (χ0) is 24.6. The third-order valence-corrected chi connectivity index (χ3v) is 7.42. The summed E-state index contributed by atoms with van der Waals surface area (Å²) in [5.41, 5.74) is -0.872. The number of carboxylic acids is 1. The summed E-state index contributed by atoms with van der Waals surface area (Å²) in [7, 11) is 0. The van der Waals surface area contributed by atoms with E-state index < -0.39 is 23.7 Å². The van der Waals surface area contributed by atoms with Crippen LogP contribution in [-0.2, 0) is 14.3 Å². The van der Waals surface area contributed by atoms with Gasteiger partial charge in [-0.05, 0) is 59.8 Å². The highest BCUT2D eigenvalue weighted by molar-refractivity contribution is 8.00. The van der Waals surface area contributed by atoms with Crippen molar-refractivity contribution in [2.24, 2.45) is 0 Å². The quantitative estimate of drug-likeness (QED) is 0.210. The van der Waals surface area contributed by atoms with Gasteiger partial charge in [0.15, 0.2) is 0 Å². The summed E-state index contributed by atoms with van der Waals surface area (Å²) in [5, 5.41) is 20.9. The number of aliphatic carboxylic acids is 1. The Kier molecular flexibility index (Phi) is 9.69. The van der Waals surface area contributed by atoms with Gasteiger partial charge in [0.05, 0.1) is 11.6 Å². The number of thioether (sulfide) groups is 1. The molecule has 0 spiro atoms. The first-order valence-electron chi connectivity index (χ1n) is 11.6. The van der Waals surface area contributed by atoms with Crippen LogP contribution in [0, 0.1) is 0 Å². The van der Waals surface area contributed by atoms with Crippen molar-refractivity contribution in [2.75, 3.05) is 12.3 Å². The Morgan fingerprint density at radius 3 is 2.64 bits per heavy atom. The summed E-state index contributed by atoms with van der Waals surface area (Å²) in [4.78, 5) is 46.8. The van der Waals surface area contributed by atoms with Crippen LogP contribution in [0.1, 0.15) is 72.6 Å². The minimum atomic E-state index is -1.11. The Hall–Kier alpha value is -2.17. The lowest BCUT2D eigenvalue weighted by Gasteiger charge is -2.23. The van der Waals surface area contributed by atoms with Crippen LogP contribution in [0.4, 0.5) is 9.59 Å². The molecule has 2 heterocycles.